The number of carbonyl (C=O) groups is 3. The van der Waals surface area contributed by atoms with Gasteiger partial charge in [0.25, 0.3) is 11.8 Å². The summed E-state index contributed by atoms with van der Waals surface area (Å²) < 4.78 is 0. The van der Waals surface area contributed by atoms with E-state index in [-0.39, 0.29) is 30.2 Å². The van der Waals surface area contributed by atoms with Crippen LogP contribution < -0.4 is 10.6 Å². The molecule has 0 aliphatic carbocycles. The fraction of sp³-hybridized carbons (Fsp3) is 0.348. The summed E-state index contributed by atoms with van der Waals surface area (Å²) >= 11 is 1.37. The van der Waals surface area contributed by atoms with Gasteiger partial charge in [0.1, 0.15) is 5.25 Å². The number of thioether (sulfide) groups is 1. The Morgan fingerprint density at radius 2 is 1.91 bits per heavy atom. The fourth-order valence-electron chi connectivity index (χ4n) is 3.62. The molecule has 2 aliphatic rings. The number of hydrogen-bond donors (Lipinski definition) is 2. The lowest BCUT2D eigenvalue weighted by molar-refractivity contribution is -0.121. The van der Waals surface area contributed by atoms with Gasteiger partial charge in [0.2, 0.25) is 5.91 Å². The topological polar surface area (TPSA) is 104 Å². The molecule has 3 amide bonds. The molecule has 1 saturated heterocycles. The number of rotatable bonds is 6. The molecular weight excluding hydrogens is 426 g/mol. The predicted octanol–water partition coefficient (Wildman–Crippen LogP) is 3.00. The second-order valence-electron chi connectivity index (χ2n) is 7.81. The molecule has 8 nitrogen and oxygen atoms in total. The number of benzene rings is 1. The second-order valence-corrected chi connectivity index (χ2v) is 8.98. The number of pyridine rings is 1. The average Bonchev–Trinajstić information content (AvgIpc) is 3.45. The number of hydrogen-bond acceptors (Lipinski definition) is 6. The van der Waals surface area contributed by atoms with Gasteiger partial charge in [-0.3, -0.25) is 19.4 Å². The van der Waals surface area contributed by atoms with Crippen LogP contribution in [0.15, 0.2) is 53.7 Å². The third-order valence-corrected chi connectivity index (χ3v) is 6.60. The van der Waals surface area contributed by atoms with Crippen LogP contribution >= 0.6 is 11.8 Å². The highest BCUT2D eigenvalue weighted by Crippen LogP contribution is 2.29. The summed E-state index contributed by atoms with van der Waals surface area (Å²) in [6, 6.07) is 12.0. The first kappa shape index (κ1) is 22.0. The molecule has 1 aromatic heterocycles. The Kier molecular flexibility index (Phi) is 6.84. The number of amides is 3. The largest absolute Gasteiger partial charge is 0.351 e. The molecule has 2 atom stereocenters. The monoisotopic (exact) mass is 451 g/mol. The maximum absolute atomic E-state index is 12.5. The molecule has 1 fully saturated rings. The van der Waals surface area contributed by atoms with Gasteiger partial charge in [-0.05, 0) is 56.2 Å². The third-order valence-electron chi connectivity index (χ3n) is 5.39. The van der Waals surface area contributed by atoms with Crippen molar-refractivity contribution < 1.29 is 14.4 Å². The van der Waals surface area contributed by atoms with Gasteiger partial charge in [0.15, 0.2) is 5.17 Å². The zero-order chi connectivity index (χ0) is 22.5. The first-order valence-corrected chi connectivity index (χ1v) is 11.5. The molecule has 32 heavy (non-hydrogen) atoms. The van der Waals surface area contributed by atoms with Crippen LogP contribution in [0.2, 0.25) is 0 Å². The number of aliphatic imine (C=N–C) groups is 1. The molecule has 1 aromatic carbocycles. The van der Waals surface area contributed by atoms with Crippen molar-refractivity contribution in [2.75, 3.05) is 18.4 Å². The lowest BCUT2D eigenvalue weighted by atomic mass is 10.1. The molecule has 2 N–H and O–H groups in total. The van der Waals surface area contributed by atoms with Crippen molar-refractivity contribution in [2.24, 2.45) is 4.99 Å². The van der Waals surface area contributed by atoms with Gasteiger partial charge < -0.3 is 15.5 Å². The average molecular weight is 452 g/mol. The molecular formula is C23H25N5O3S. The van der Waals surface area contributed by atoms with Crippen molar-refractivity contribution in [3.63, 3.8) is 0 Å². The number of carbonyl (C=O) groups excluding carboxylic acids is 3. The van der Waals surface area contributed by atoms with E-state index in [0.717, 1.165) is 36.8 Å². The van der Waals surface area contributed by atoms with Crippen LogP contribution in [0.4, 0.5) is 5.69 Å². The van der Waals surface area contributed by atoms with Crippen LogP contribution in [0.3, 0.4) is 0 Å². The van der Waals surface area contributed by atoms with Crippen LogP contribution in [0.5, 0.6) is 0 Å². The van der Waals surface area contributed by atoms with Crippen molar-refractivity contribution in [3.05, 3.63) is 59.9 Å². The van der Waals surface area contributed by atoms with Crippen LogP contribution in [-0.2, 0) is 9.59 Å². The minimum absolute atomic E-state index is 0.0637. The predicted molar refractivity (Wildman–Crippen MR) is 124 cm³/mol. The Morgan fingerprint density at radius 3 is 2.59 bits per heavy atom. The Hall–Kier alpha value is -3.20. The summed E-state index contributed by atoms with van der Waals surface area (Å²) in [6.45, 7) is 3.70. The number of nitrogens with zero attached hydrogens (tertiary/aromatic N) is 3. The van der Waals surface area contributed by atoms with E-state index >= 15 is 0 Å². The summed E-state index contributed by atoms with van der Waals surface area (Å²) in [6.07, 6.45) is 3.96. The highest BCUT2D eigenvalue weighted by molar-refractivity contribution is 8.15. The Balaban J connectivity index is 1.27. The van der Waals surface area contributed by atoms with Gasteiger partial charge in [-0.25, -0.2) is 0 Å². The van der Waals surface area contributed by atoms with E-state index in [1.54, 1.807) is 30.5 Å². The third kappa shape index (κ3) is 5.34. The molecule has 0 spiro atoms. The maximum Gasteiger partial charge on any atom is 0.262 e. The number of amidine groups is 1. The number of aromatic nitrogens is 1. The van der Waals surface area contributed by atoms with Crippen molar-refractivity contribution >= 4 is 40.3 Å². The van der Waals surface area contributed by atoms with Crippen molar-refractivity contribution in [2.45, 2.75) is 37.5 Å². The van der Waals surface area contributed by atoms with Crippen molar-refractivity contribution in [3.8, 4) is 0 Å². The smallest absolute Gasteiger partial charge is 0.262 e. The van der Waals surface area contributed by atoms with E-state index in [1.165, 1.54) is 11.8 Å². The summed E-state index contributed by atoms with van der Waals surface area (Å²) in [7, 11) is 0. The Bertz CT molecular complexity index is 1020. The lowest BCUT2D eigenvalue weighted by Gasteiger charge is -2.16. The van der Waals surface area contributed by atoms with E-state index in [4.69, 9.17) is 0 Å². The summed E-state index contributed by atoms with van der Waals surface area (Å²) in [5.41, 5.74) is 1.83. The lowest BCUT2D eigenvalue weighted by Crippen LogP contribution is -2.27. The Morgan fingerprint density at radius 1 is 1.16 bits per heavy atom. The first-order valence-electron chi connectivity index (χ1n) is 10.7. The minimum atomic E-state index is -0.483. The molecule has 0 saturated carbocycles. The molecule has 166 valence electrons. The molecule has 9 heteroatoms. The van der Waals surface area contributed by atoms with Gasteiger partial charge in [0.05, 0.1) is 11.7 Å². The van der Waals surface area contributed by atoms with Gasteiger partial charge in [-0.1, -0.05) is 17.8 Å². The highest BCUT2D eigenvalue weighted by atomic mass is 32.2. The van der Waals surface area contributed by atoms with E-state index < -0.39 is 5.25 Å². The van der Waals surface area contributed by atoms with Gasteiger partial charge in [-0.2, -0.15) is 4.99 Å². The van der Waals surface area contributed by atoms with E-state index in [0.29, 0.717) is 11.3 Å². The number of nitrogens with one attached hydrogen (secondary N) is 2. The van der Waals surface area contributed by atoms with Gasteiger partial charge in [0, 0.05) is 37.0 Å². The van der Waals surface area contributed by atoms with Crippen LogP contribution in [0, 0.1) is 0 Å². The molecule has 2 aromatic rings. The summed E-state index contributed by atoms with van der Waals surface area (Å²) in [4.78, 5) is 47.6. The molecule has 2 unspecified atom stereocenters. The zero-order valence-electron chi connectivity index (χ0n) is 17.8. The first-order chi connectivity index (χ1) is 15.5. The normalized spacial score (nSPS) is 18.9. The maximum atomic E-state index is 12.5. The highest BCUT2D eigenvalue weighted by Gasteiger charge is 2.33. The Labute approximate surface area is 190 Å². The molecule has 0 radical (unpaired) electrons. The fourth-order valence-corrected chi connectivity index (χ4v) is 4.74. The van der Waals surface area contributed by atoms with E-state index in [2.05, 4.69) is 25.5 Å². The van der Waals surface area contributed by atoms with E-state index in [9.17, 15) is 14.4 Å². The van der Waals surface area contributed by atoms with Crippen LogP contribution in [-0.4, -0.2) is 51.1 Å². The quantitative estimate of drug-likeness (QED) is 0.700. The van der Waals surface area contributed by atoms with Crippen LogP contribution in [0.25, 0.3) is 0 Å². The summed E-state index contributed by atoms with van der Waals surface area (Å²) in [5, 5.41) is 5.96. The standard InChI is InChI=1S/C23H25N5O3S/c1-15(18-6-2-3-11-24-18)25-21(30)16-7-9-17(10-8-16)26-20(29)14-19-22(31)27-23(32-19)28-12-4-5-13-28/h2-3,6-11,15,19H,4-5,12-14H2,1H3,(H,25,30)(H,26,29). The summed E-state index contributed by atoms with van der Waals surface area (Å²) in [5.74, 6) is -0.726. The molecule has 0 bridgehead atoms. The van der Waals surface area contributed by atoms with Crippen molar-refractivity contribution in [1.82, 2.24) is 15.2 Å². The molecule has 3 heterocycles. The molecule has 4 rings (SSSR count). The molecule has 2 aliphatic heterocycles. The second kappa shape index (κ2) is 9.95. The SMILES string of the molecule is CC(NC(=O)c1ccc(NC(=O)CC2SC(N3CCCC3)=NC2=O)cc1)c1ccccn1. The van der Waals surface area contributed by atoms with E-state index in [1.807, 2.05) is 25.1 Å². The zero-order valence-corrected chi connectivity index (χ0v) is 18.6. The van der Waals surface area contributed by atoms with Gasteiger partial charge >= 0.3 is 0 Å². The minimum Gasteiger partial charge on any atom is -0.351 e. The van der Waals surface area contributed by atoms with Crippen LogP contribution in [0.1, 0.15) is 48.3 Å². The number of likely N-dealkylation sites (tertiary alicyclic amines) is 1. The van der Waals surface area contributed by atoms with Crippen molar-refractivity contribution in [1.29, 1.82) is 0 Å². The number of anilines is 1. The van der Waals surface area contributed by atoms with Gasteiger partial charge in [-0.15, -0.1) is 0 Å².